The van der Waals surface area contributed by atoms with Crippen LogP contribution in [-0.4, -0.2) is 28.2 Å². The van der Waals surface area contributed by atoms with Gasteiger partial charge in [-0.15, -0.1) is 23.1 Å². The molecule has 6 heteroatoms. The Bertz CT molecular complexity index is 568. The minimum Gasteiger partial charge on any atom is -0.356 e. The summed E-state index contributed by atoms with van der Waals surface area (Å²) in [5.41, 5.74) is 0. The fourth-order valence-electron chi connectivity index (χ4n) is 1.66. The summed E-state index contributed by atoms with van der Waals surface area (Å²) >= 11 is 3.29. The molecule has 1 N–H and O–H groups in total. The van der Waals surface area contributed by atoms with Crippen molar-refractivity contribution in [3.05, 3.63) is 17.3 Å². The Hall–Kier alpha value is -1.14. The highest BCUT2D eigenvalue weighted by Crippen LogP contribution is 2.30. The van der Waals surface area contributed by atoms with Gasteiger partial charge < -0.3 is 5.32 Å². The molecule has 0 aliphatic carbocycles. The smallest absolute Gasteiger partial charge is 0.220 e. The number of aryl methyl sites for hydroxylation is 1. The first-order valence-corrected chi connectivity index (χ1v) is 8.11. The number of nitrogens with one attached hydrogen (secondary N) is 1. The second-order valence-electron chi connectivity index (χ2n) is 4.20. The molecule has 2 aromatic heterocycles. The molecule has 0 radical (unpaired) electrons. The maximum absolute atomic E-state index is 11.5. The minimum atomic E-state index is 0.112. The van der Waals surface area contributed by atoms with Gasteiger partial charge in [0.1, 0.15) is 16.2 Å². The predicted molar refractivity (Wildman–Crippen MR) is 80.8 cm³/mol. The molecule has 0 saturated heterocycles. The third-order valence-electron chi connectivity index (χ3n) is 2.56. The highest BCUT2D eigenvalue weighted by Gasteiger charge is 2.08. The quantitative estimate of drug-likeness (QED) is 0.657. The lowest BCUT2D eigenvalue weighted by Crippen LogP contribution is -2.24. The summed E-state index contributed by atoms with van der Waals surface area (Å²) in [5.74, 6) is 0.859. The second-order valence-corrected chi connectivity index (χ2v) is 6.52. The van der Waals surface area contributed by atoms with Gasteiger partial charge in [0.05, 0.1) is 0 Å². The average molecular weight is 295 g/mol. The first kappa shape index (κ1) is 14.3. The van der Waals surface area contributed by atoms with Crippen LogP contribution in [-0.2, 0) is 4.79 Å². The number of nitrogens with zero attached hydrogens (tertiary/aromatic N) is 2. The van der Waals surface area contributed by atoms with Gasteiger partial charge in [-0.1, -0.05) is 6.92 Å². The highest BCUT2D eigenvalue weighted by molar-refractivity contribution is 7.99. The van der Waals surface area contributed by atoms with Gasteiger partial charge in [0, 0.05) is 29.0 Å². The second kappa shape index (κ2) is 6.86. The normalized spacial score (nSPS) is 10.8. The molecule has 0 bridgehead atoms. The number of hydrogen-bond donors (Lipinski definition) is 1. The summed E-state index contributed by atoms with van der Waals surface area (Å²) in [7, 11) is 0. The van der Waals surface area contributed by atoms with Crippen molar-refractivity contribution >= 4 is 39.2 Å². The van der Waals surface area contributed by atoms with E-state index in [1.165, 1.54) is 4.88 Å². The lowest BCUT2D eigenvalue weighted by molar-refractivity contribution is -0.120. The first-order chi connectivity index (χ1) is 9.20. The van der Waals surface area contributed by atoms with Gasteiger partial charge in [0.15, 0.2) is 0 Å². The Labute approximate surface area is 121 Å². The zero-order valence-electron chi connectivity index (χ0n) is 11.1. The third kappa shape index (κ3) is 3.91. The van der Waals surface area contributed by atoms with Crippen LogP contribution in [0.5, 0.6) is 0 Å². The van der Waals surface area contributed by atoms with Crippen molar-refractivity contribution in [2.75, 3.05) is 12.3 Å². The van der Waals surface area contributed by atoms with E-state index in [1.807, 2.05) is 6.92 Å². The van der Waals surface area contributed by atoms with Gasteiger partial charge >= 0.3 is 0 Å². The van der Waals surface area contributed by atoms with Gasteiger partial charge in [0.25, 0.3) is 0 Å². The number of amides is 1. The molecular weight excluding hydrogens is 278 g/mol. The molecule has 0 unspecified atom stereocenters. The number of fused-ring (bicyclic) bond motifs is 1. The summed E-state index contributed by atoms with van der Waals surface area (Å²) < 4.78 is 0. The van der Waals surface area contributed by atoms with Crippen molar-refractivity contribution in [1.82, 2.24) is 15.3 Å². The van der Waals surface area contributed by atoms with E-state index in [0.717, 1.165) is 34.0 Å². The predicted octanol–water partition coefficient (Wildman–Crippen LogP) is 3.01. The third-order valence-corrected chi connectivity index (χ3v) is 4.52. The largest absolute Gasteiger partial charge is 0.356 e. The van der Waals surface area contributed by atoms with E-state index in [1.54, 1.807) is 29.4 Å². The van der Waals surface area contributed by atoms with E-state index in [4.69, 9.17) is 0 Å². The van der Waals surface area contributed by atoms with Crippen LogP contribution in [0.15, 0.2) is 17.4 Å². The lowest BCUT2D eigenvalue weighted by Gasteiger charge is -2.03. The van der Waals surface area contributed by atoms with Crippen molar-refractivity contribution in [2.24, 2.45) is 0 Å². The van der Waals surface area contributed by atoms with Crippen LogP contribution in [0, 0.1) is 6.92 Å². The molecule has 0 atom stereocenters. The Kier molecular flexibility index (Phi) is 5.15. The fraction of sp³-hybridized carbons (Fsp3) is 0.462. The number of hydrogen-bond acceptors (Lipinski definition) is 5. The van der Waals surface area contributed by atoms with Crippen molar-refractivity contribution in [1.29, 1.82) is 0 Å². The molecule has 2 heterocycles. The standard InChI is InChI=1S/C13H17N3OS2/c1-3-5-14-11(17)4-6-18-12-10-7-9(2)19-13(10)16-8-15-12/h7-8H,3-6H2,1-2H3,(H,14,17). The van der Waals surface area contributed by atoms with Crippen LogP contribution < -0.4 is 5.32 Å². The zero-order chi connectivity index (χ0) is 13.7. The number of thioether (sulfide) groups is 1. The van der Waals surface area contributed by atoms with Crippen molar-refractivity contribution in [2.45, 2.75) is 31.7 Å². The maximum Gasteiger partial charge on any atom is 0.220 e. The van der Waals surface area contributed by atoms with Gasteiger partial charge in [-0.3, -0.25) is 4.79 Å². The number of carbonyl (C=O) groups excluding carboxylic acids is 1. The Morgan fingerprint density at radius 1 is 1.47 bits per heavy atom. The maximum atomic E-state index is 11.5. The van der Waals surface area contributed by atoms with E-state index >= 15 is 0 Å². The van der Waals surface area contributed by atoms with E-state index in [9.17, 15) is 4.79 Å². The molecule has 102 valence electrons. The minimum absolute atomic E-state index is 0.112. The van der Waals surface area contributed by atoms with Crippen molar-refractivity contribution in [3.63, 3.8) is 0 Å². The molecular formula is C13H17N3OS2. The van der Waals surface area contributed by atoms with Crippen LogP contribution in [0.25, 0.3) is 10.2 Å². The monoisotopic (exact) mass is 295 g/mol. The van der Waals surface area contributed by atoms with Crippen molar-refractivity contribution < 1.29 is 4.79 Å². The van der Waals surface area contributed by atoms with E-state index in [0.29, 0.717) is 6.42 Å². The SMILES string of the molecule is CCCNC(=O)CCSc1ncnc2sc(C)cc12. The lowest BCUT2D eigenvalue weighted by atomic mass is 10.4. The summed E-state index contributed by atoms with van der Waals surface area (Å²) in [6.07, 6.45) is 3.09. The number of thiophene rings is 1. The van der Waals surface area contributed by atoms with Crippen molar-refractivity contribution in [3.8, 4) is 0 Å². The summed E-state index contributed by atoms with van der Waals surface area (Å²) in [6.45, 7) is 4.87. The molecule has 4 nitrogen and oxygen atoms in total. The van der Waals surface area contributed by atoms with Crippen LogP contribution in [0.2, 0.25) is 0 Å². The molecule has 0 spiro atoms. The molecule has 19 heavy (non-hydrogen) atoms. The van der Waals surface area contributed by atoms with Crippen LogP contribution in [0.4, 0.5) is 0 Å². The number of aromatic nitrogens is 2. The highest BCUT2D eigenvalue weighted by atomic mass is 32.2. The van der Waals surface area contributed by atoms with Crippen LogP contribution >= 0.6 is 23.1 Å². The van der Waals surface area contributed by atoms with Gasteiger partial charge in [0.2, 0.25) is 5.91 Å². The summed E-state index contributed by atoms with van der Waals surface area (Å²) in [6, 6.07) is 2.11. The molecule has 1 amide bonds. The van der Waals surface area contributed by atoms with Gasteiger partial charge in [-0.25, -0.2) is 9.97 Å². The molecule has 0 aromatic carbocycles. The topological polar surface area (TPSA) is 54.9 Å². The number of carbonyl (C=O) groups is 1. The summed E-state index contributed by atoms with van der Waals surface area (Å²) in [5, 5.41) is 4.95. The van der Waals surface area contributed by atoms with E-state index in [2.05, 4.69) is 28.3 Å². The molecule has 0 saturated carbocycles. The Morgan fingerprint density at radius 2 is 2.32 bits per heavy atom. The zero-order valence-corrected chi connectivity index (χ0v) is 12.7. The van der Waals surface area contributed by atoms with Gasteiger partial charge in [-0.05, 0) is 19.4 Å². The summed E-state index contributed by atoms with van der Waals surface area (Å²) in [4.78, 5) is 22.3. The average Bonchev–Trinajstić information content (AvgIpc) is 2.77. The molecule has 2 aromatic rings. The van der Waals surface area contributed by atoms with Crippen LogP contribution in [0.3, 0.4) is 0 Å². The van der Waals surface area contributed by atoms with Crippen LogP contribution in [0.1, 0.15) is 24.6 Å². The van der Waals surface area contributed by atoms with Gasteiger partial charge in [-0.2, -0.15) is 0 Å². The Morgan fingerprint density at radius 3 is 3.11 bits per heavy atom. The van der Waals surface area contributed by atoms with E-state index < -0.39 is 0 Å². The number of rotatable bonds is 6. The molecule has 2 rings (SSSR count). The molecule has 0 fully saturated rings. The molecule has 0 aliphatic heterocycles. The molecule has 0 aliphatic rings. The first-order valence-electron chi connectivity index (χ1n) is 6.31. The van der Waals surface area contributed by atoms with E-state index in [-0.39, 0.29) is 5.91 Å². The Balaban J connectivity index is 1.93. The fourth-order valence-corrected chi connectivity index (χ4v) is 3.49.